The van der Waals surface area contributed by atoms with Gasteiger partial charge in [-0.25, -0.2) is 14.2 Å². The van der Waals surface area contributed by atoms with Crippen LogP contribution in [0.3, 0.4) is 0 Å². The van der Waals surface area contributed by atoms with Gasteiger partial charge in [0, 0.05) is 31.3 Å². The number of hydroxylamine groups is 1. The van der Waals surface area contributed by atoms with E-state index in [9.17, 15) is 14.7 Å². The second-order valence-electron chi connectivity index (χ2n) is 7.42. The lowest BCUT2D eigenvalue weighted by Crippen LogP contribution is -2.59. The fraction of sp³-hybridized carbons (Fsp3) is 0.500. The van der Waals surface area contributed by atoms with Gasteiger partial charge in [0.25, 0.3) is 5.12 Å². The summed E-state index contributed by atoms with van der Waals surface area (Å²) >= 11 is 0.810. The average Bonchev–Trinajstić information content (AvgIpc) is 3.08. The predicted octanol–water partition coefficient (Wildman–Crippen LogP) is -0.976. The molecule has 1 amide bonds. The maximum atomic E-state index is 15.7. The molecule has 31 heavy (non-hydrogen) atoms. The van der Waals surface area contributed by atoms with E-state index in [-0.39, 0.29) is 42.6 Å². The third-order valence-electron chi connectivity index (χ3n) is 5.16. The number of thioether (sulfide) groups is 1. The summed E-state index contributed by atoms with van der Waals surface area (Å²) in [5.74, 6) is -0.795. The normalized spacial score (nSPS) is 23.2. The number of anilines is 2. The van der Waals surface area contributed by atoms with Crippen molar-refractivity contribution in [2.24, 2.45) is 0 Å². The van der Waals surface area contributed by atoms with Gasteiger partial charge >= 0.3 is 5.97 Å². The lowest BCUT2D eigenvalue weighted by atomic mass is 10.00. The van der Waals surface area contributed by atoms with Crippen LogP contribution in [0.5, 0.6) is 0 Å². The lowest BCUT2D eigenvalue weighted by molar-refractivity contribution is -0.132. The van der Waals surface area contributed by atoms with Crippen molar-refractivity contribution in [2.45, 2.75) is 23.7 Å². The molecule has 0 aromatic carbocycles. The number of nitrogens with one attached hydrogen (secondary N) is 3. The van der Waals surface area contributed by atoms with Gasteiger partial charge in [0.05, 0.1) is 36.1 Å². The highest BCUT2D eigenvalue weighted by Crippen LogP contribution is 2.45. The molecule has 1 atom stereocenters. The minimum Gasteiger partial charge on any atom is -0.478 e. The van der Waals surface area contributed by atoms with Gasteiger partial charge in [-0.1, -0.05) is 11.8 Å². The first-order chi connectivity index (χ1) is 14.8. The van der Waals surface area contributed by atoms with Crippen molar-refractivity contribution in [3.63, 3.8) is 0 Å². The number of carboxylic acid groups (broad SMARTS) is 1. The van der Waals surface area contributed by atoms with Crippen molar-refractivity contribution in [1.82, 2.24) is 15.8 Å². The molecule has 13 heteroatoms. The largest absolute Gasteiger partial charge is 0.478 e. The highest BCUT2D eigenvalue weighted by Gasteiger charge is 2.45. The standard InChI is InChI=1S/C18H22FN5O6S/c19-18(22-14(27)8-31-18)13-2-9-1-10(17(28)29)3-20-15(9)21-16(13)24-4-11(5-24)23-30-12(6-25)7-26/h2-3,11-12,23,25-26H,1,4-8H2,(H,20,21)(H,22,27)(H,28,29). The van der Waals surface area contributed by atoms with E-state index in [0.29, 0.717) is 30.3 Å². The molecule has 0 spiro atoms. The highest BCUT2D eigenvalue weighted by atomic mass is 32.2. The number of carbonyl (C=O) groups is 2. The molecular formula is C18H22FN5O6S. The Labute approximate surface area is 180 Å². The number of aliphatic hydroxyl groups is 2. The van der Waals surface area contributed by atoms with Crippen LogP contribution in [0, 0.1) is 0 Å². The van der Waals surface area contributed by atoms with Crippen LogP contribution < -0.4 is 21.0 Å². The number of hydrogen-bond acceptors (Lipinski definition) is 10. The third-order valence-corrected chi connectivity index (χ3v) is 6.28. The fourth-order valence-corrected chi connectivity index (χ4v) is 4.34. The number of fused-ring (bicyclic) bond motifs is 1. The molecule has 1 unspecified atom stereocenters. The number of pyridine rings is 1. The molecule has 0 bridgehead atoms. The number of halogens is 1. The Morgan fingerprint density at radius 1 is 1.45 bits per heavy atom. The summed E-state index contributed by atoms with van der Waals surface area (Å²) < 4.78 is 15.7. The summed E-state index contributed by atoms with van der Waals surface area (Å²) in [6.45, 7) is 0.144. The van der Waals surface area contributed by atoms with Crippen molar-refractivity contribution in [1.29, 1.82) is 0 Å². The van der Waals surface area contributed by atoms with E-state index < -0.39 is 23.1 Å². The highest BCUT2D eigenvalue weighted by molar-refractivity contribution is 8.01. The molecule has 3 aliphatic rings. The number of carbonyl (C=O) groups excluding carboxylic acids is 1. The van der Waals surface area contributed by atoms with Crippen LogP contribution in [0.2, 0.25) is 0 Å². The van der Waals surface area contributed by atoms with Crippen molar-refractivity contribution in [2.75, 3.05) is 42.3 Å². The van der Waals surface area contributed by atoms with Crippen molar-refractivity contribution in [3.05, 3.63) is 29.0 Å². The van der Waals surface area contributed by atoms with Crippen LogP contribution >= 0.6 is 11.8 Å². The Balaban J connectivity index is 1.57. The molecule has 1 aromatic rings. The second-order valence-corrected chi connectivity index (χ2v) is 8.56. The zero-order valence-electron chi connectivity index (χ0n) is 16.3. The minimum atomic E-state index is -2.17. The number of carboxylic acids is 1. The van der Waals surface area contributed by atoms with Crippen LogP contribution in [0.25, 0.3) is 0 Å². The first-order valence-corrected chi connectivity index (χ1v) is 10.6. The molecule has 6 N–H and O–H groups in total. The summed E-state index contributed by atoms with van der Waals surface area (Å²) in [5.41, 5.74) is 3.55. The number of alkyl halides is 1. The predicted molar refractivity (Wildman–Crippen MR) is 109 cm³/mol. The van der Waals surface area contributed by atoms with E-state index in [1.807, 2.05) is 0 Å². The third kappa shape index (κ3) is 4.32. The SMILES string of the molecule is O=C1CSC(F)(c2cc3c(nc2N2CC(NOC(CO)CO)C2)NC=C(C(=O)O)C3)N1. The van der Waals surface area contributed by atoms with Gasteiger partial charge in [0.2, 0.25) is 5.91 Å². The monoisotopic (exact) mass is 455 g/mol. The number of hydrogen-bond donors (Lipinski definition) is 6. The number of aliphatic hydroxyl groups excluding tert-OH is 2. The molecular weight excluding hydrogens is 433 g/mol. The first kappa shape index (κ1) is 21.8. The molecule has 0 radical (unpaired) electrons. The van der Waals surface area contributed by atoms with Crippen molar-refractivity contribution >= 4 is 35.3 Å². The molecule has 4 heterocycles. The minimum absolute atomic E-state index is 0.0344. The zero-order chi connectivity index (χ0) is 22.2. The Kier molecular flexibility index (Phi) is 6.03. The maximum Gasteiger partial charge on any atom is 0.333 e. The van der Waals surface area contributed by atoms with Crippen LogP contribution in [-0.4, -0.2) is 76.4 Å². The molecule has 11 nitrogen and oxygen atoms in total. The molecule has 3 aliphatic heterocycles. The van der Waals surface area contributed by atoms with Gasteiger partial charge in [-0.15, -0.1) is 0 Å². The molecule has 2 saturated heterocycles. The van der Waals surface area contributed by atoms with E-state index in [4.69, 9.17) is 15.1 Å². The van der Waals surface area contributed by atoms with Crippen LogP contribution in [-0.2, 0) is 26.0 Å². The van der Waals surface area contributed by atoms with Gasteiger partial charge < -0.3 is 30.9 Å². The van der Waals surface area contributed by atoms with Gasteiger partial charge in [0.1, 0.15) is 17.7 Å². The van der Waals surface area contributed by atoms with Crippen molar-refractivity contribution < 1.29 is 34.1 Å². The Morgan fingerprint density at radius 2 is 2.19 bits per heavy atom. The second kappa shape index (κ2) is 8.59. The summed E-state index contributed by atoms with van der Waals surface area (Å²) in [7, 11) is 0. The summed E-state index contributed by atoms with van der Waals surface area (Å²) in [6, 6.07) is 1.41. The number of nitrogens with zero attached hydrogens (tertiary/aromatic N) is 2. The fourth-order valence-electron chi connectivity index (χ4n) is 3.44. The average molecular weight is 455 g/mol. The van der Waals surface area contributed by atoms with Crippen LogP contribution in [0.4, 0.5) is 16.0 Å². The van der Waals surface area contributed by atoms with Crippen LogP contribution in [0.15, 0.2) is 17.8 Å². The quantitative estimate of drug-likeness (QED) is 0.212. The zero-order valence-corrected chi connectivity index (χ0v) is 17.1. The molecule has 168 valence electrons. The van der Waals surface area contributed by atoms with Gasteiger partial charge in [0.15, 0.2) is 0 Å². The Hall–Kier alpha value is -2.45. The number of amides is 1. The van der Waals surface area contributed by atoms with E-state index >= 15 is 4.39 Å². The summed E-state index contributed by atoms with van der Waals surface area (Å²) in [5, 5.41) is 30.4. The van der Waals surface area contributed by atoms with E-state index in [1.54, 1.807) is 11.0 Å². The van der Waals surface area contributed by atoms with Crippen molar-refractivity contribution in [3.8, 4) is 0 Å². The van der Waals surface area contributed by atoms with E-state index in [0.717, 1.165) is 11.8 Å². The van der Waals surface area contributed by atoms with E-state index in [1.165, 1.54) is 6.20 Å². The topological polar surface area (TPSA) is 156 Å². The Morgan fingerprint density at radius 3 is 2.81 bits per heavy atom. The number of aliphatic carboxylic acids is 1. The number of aromatic nitrogens is 1. The number of rotatable bonds is 8. The summed E-state index contributed by atoms with van der Waals surface area (Å²) in [6.07, 6.45) is 0.690. The maximum absolute atomic E-state index is 15.7. The molecule has 1 aromatic heterocycles. The van der Waals surface area contributed by atoms with Crippen LogP contribution in [0.1, 0.15) is 11.1 Å². The molecule has 4 rings (SSSR count). The summed E-state index contributed by atoms with van der Waals surface area (Å²) in [4.78, 5) is 34.6. The Bertz CT molecular complexity index is 923. The molecule has 0 saturated carbocycles. The van der Waals surface area contributed by atoms with Gasteiger partial charge in [-0.05, 0) is 6.07 Å². The molecule has 2 fully saturated rings. The smallest absolute Gasteiger partial charge is 0.333 e. The lowest BCUT2D eigenvalue weighted by Gasteiger charge is -2.42. The first-order valence-electron chi connectivity index (χ1n) is 9.58. The van der Waals surface area contributed by atoms with Gasteiger partial charge in [-0.3, -0.25) is 9.63 Å². The molecule has 0 aliphatic carbocycles. The van der Waals surface area contributed by atoms with Gasteiger partial charge in [-0.2, -0.15) is 5.48 Å². The van der Waals surface area contributed by atoms with E-state index in [2.05, 4.69) is 21.1 Å².